The highest BCUT2D eigenvalue weighted by atomic mass is 79.9. The topological polar surface area (TPSA) is 15.3 Å². The normalized spacial score (nSPS) is 24.9. The maximum atomic E-state index is 13.3. The first kappa shape index (κ1) is 15.9. The molecule has 1 aromatic carbocycles. The van der Waals surface area contributed by atoms with Crippen molar-refractivity contribution in [1.82, 2.24) is 10.2 Å². The Morgan fingerprint density at radius 1 is 1.45 bits per heavy atom. The number of nitrogens with one attached hydrogen (secondary N) is 1. The largest absolute Gasteiger partial charge is 0.312 e. The van der Waals surface area contributed by atoms with Gasteiger partial charge in [-0.05, 0) is 59.4 Å². The molecule has 1 aliphatic heterocycles. The molecule has 112 valence electrons. The van der Waals surface area contributed by atoms with E-state index in [4.69, 9.17) is 0 Å². The first-order valence-electron chi connectivity index (χ1n) is 7.38. The fourth-order valence-electron chi connectivity index (χ4n) is 2.70. The van der Waals surface area contributed by atoms with Crippen LogP contribution in [0.5, 0.6) is 0 Å². The summed E-state index contributed by atoms with van der Waals surface area (Å²) in [5.74, 6) is 0.433. The van der Waals surface area contributed by atoms with Crippen molar-refractivity contribution >= 4 is 15.9 Å². The zero-order valence-electron chi connectivity index (χ0n) is 12.5. The van der Waals surface area contributed by atoms with Crippen LogP contribution in [0.2, 0.25) is 0 Å². The lowest BCUT2D eigenvalue weighted by atomic mass is 10.0. The highest BCUT2D eigenvalue weighted by molar-refractivity contribution is 9.10. The molecule has 1 aromatic rings. The van der Waals surface area contributed by atoms with Crippen LogP contribution in [0.4, 0.5) is 4.39 Å². The molecule has 2 unspecified atom stereocenters. The summed E-state index contributed by atoms with van der Waals surface area (Å²) in [6.45, 7) is 9.82. The molecular formula is C16H24BrFN2. The van der Waals surface area contributed by atoms with Crippen molar-refractivity contribution in [2.45, 2.75) is 45.8 Å². The highest BCUT2D eigenvalue weighted by Crippen LogP contribution is 2.21. The minimum absolute atomic E-state index is 0.195. The molecule has 4 heteroatoms. The van der Waals surface area contributed by atoms with Crippen molar-refractivity contribution in [1.29, 1.82) is 0 Å². The van der Waals surface area contributed by atoms with E-state index in [2.05, 4.69) is 46.9 Å². The third kappa shape index (κ3) is 4.03. The fraction of sp³-hybridized carbons (Fsp3) is 0.625. The summed E-state index contributed by atoms with van der Waals surface area (Å²) < 4.78 is 13.9. The lowest BCUT2D eigenvalue weighted by Crippen LogP contribution is -2.42. The van der Waals surface area contributed by atoms with Crippen molar-refractivity contribution < 1.29 is 4.39 Å². The molecule has 0 aliphatic carbocycles. The van der Waals surface area contributed by atoms with Crippen molar-refractivity contribution in [3.63, 3.8) is 0 Å². The molecule has 1 saturated heterocycles. The van der Waals surface area contributed by atoms with Crippen LogP contribution >= 0.6 is 15.9 Å². The average molecular weight is 343 g/mol. The van der Waals surface area contributed by atoms with Gasteiger partial charge in [0.1, 0.15) is 5.82 Å². The maximum absolute atomic E-state index is 13.3. The molecule has 1 aliphatic rings. The number of hydrogen-bond acceptors (Lipinski definition) is 2. The number of rotatable bonds is 3. The van der Waals surface area contributed by atoms with Crippen LogP contribution in [0, 0.1) is 11.7 Å². The molecule has 2 rings (SSSR count). The van der Waals surface area contributed by atoms with Gasteiger partial charge in [0.25, 0.3) is 0 Å². The zero-order valence-corrected chi connectivity index (χ0v) is 14.1. The summed E-state index contributed by atoms with van der Waals surface area (Å²) in [5, 5.41) is 3.64. The van der Waals surface area contributed by atoms with Gasteiger partial charge in [-0.2, -0.15) is 0 Å². The highest BCUT2D eigenvalue weighted by Gasteiger charge is 2.24. The van der Waals surface area contributed by atoms with Gasteiger partial charge in [0.2, 0.25) is 0 Å². The number of hydrogen-bond donors (Lipinski definition) is 1. The standard InChI is InChI=1S/C16H24BrFN2/c1-11(2)16-10-20(12(3)6-7-19-16)9-13-4-5-15(18)14(17)8-13/h4-5,8,11-12,16,19H,6-7,9-10H2,1-3H3. The van der Waals surface area contributed by atoms with Crippen molar-refractivity contribution in [3.05, 3.63) is 34.1 Å². The Hall–Kier alpha value is -0.450. The molecule has 0 spiro atoms. The molecule has 1 heterocycles. The van der Waals surface area contributed by atoms with Gasteiger partial charge in [-0.25, -0.2) is 4.39 Å². The second-order valence-electron chi connectivity index (χ2n) is 6.12. The van der Waals surface area contributed by atoms with Gasteiger partial charge in [-0.3, -0.25) is 4.90 Å². The molecule has 0 aromatic heterocycles. The van der Waals surface area contributed by atoms with Crippen molar-refractivity contribution in [2.75, 3.05) is 13.1 Å². The van der Waals surface area contributed by atoms with E-state index < -0.39 is 0 Å². The van der Waals surface area contributed by atoms with E-state index in [-0.39, 0.29) is 5.82 Å². The molecule has 2 nitrogen and oxygen atoms in total. The Kier molecular flexibility index (Phi) is 5.58. The molecule has 0 saturated carbocycles. The van der Waals surface area contributed by atoms with Crippen LogP contribution in [-0.2, 0) is 6.54 Å². The smallest absolute Gasteiger partial charge is 0.137 e. The van der Waals surface area contributed by atoms with Gasteiger partial charge in [0.15, 0.2) is 0 Å². The second-order valence-corrected chi connectivity index (χ2v) is 6.97. The van der Waals surface area contributed by atoms with Gasteiger partial charge in [0.05, 0.1) is 4.47 Å². The van der Waals surface area contributed by atoms with E-state index in [1.54, 1.807) is 6.07 Å². The van der Waals surface area contributed by atoms with E-state index in [1.807, 2.05) is 12.1 Å². The summed E-state index contributed by atoms with van der Waals surface area (Å²) in [4.78, 5) is 2.50. The molecule has 1 N–H and O–H groups in total. The Morgan fingerprint density at radius 3 is 2.85 bits per heavy atom. The lowest BCUT2D eigenvalue weighted by Gasteiger charge is -2.30. The third-order valence-corrected chi connectivity index (χ3v) is 4.81. The van der Waals surface area contributed by atoms with Crippen LogP contribution < -0.4 is 5.32 Å². The quantitative estimate of drug-likeness (QED) is 0.898. The van der Waals surface area contributed by atoms with Crippen LogP contribution in [0.15, 0.2) is 22.7 Å². The van der Waals surface area contributed by atoms with E-state index >= 15 is 0 Å². The monoisotopic (exact) mass is 342 g/mol. The summed E-state index contributed by atoms with van der Waals surface area (Å²) in [5.41, 5.74) is 1.16. The summed E-state index contributed by atoms with van der Waals surface area (Å²) in [6.07, 6.45) is 1.16. The molecule has 1 fully saturated rings. The average Bonchev–Trinajstić information content (AvgIpc) is 2.57. The van der Waals surface area contributed by atoms with Crippen LogP contribution in [0.3, 0.4) is 0 Å². The molecule has 20 heavy (non-hydrogen) atoms. The van der Waals surface area contributed by atoms with Gasteiger partial charge >= 0.3 is 0 Å². The fourth-order valence-corrected chi connectivity index (χ4v) is 3.12. The Morgan fingerprint density at radius 2 is 2.20 bits per heavy atom. The van der Waals surface area contributed by atoms with Gasteiger partial charge in [0, 0.05) is 25.2 Å². The van der Waals surface area contributed by atoms with E-state index in [1.165, 1.54) is 0 Å². The van der Waals surface area contributed by atoms with Crippen LogP contribution in [0.25, 0.3) is 0 Å². The third-order valence-electron chi connectivity index (χ3n) is 4.20. The summed E-state index contributed by atoms with van der Waals surface area (Å²) in [6, 6.07) is 6.40. The number of nitrogens with zero attached hydrogens (tertiary/aromatic N) is 1. The van der Waals surface area contributed by atoms with Crippen LogP contribution in [-0.4, -0.2) is 30.1 Å². The lowest BCUT2D eigenvalue weighted by molar-refractivity contribution is 0.184. The molecule has 0 bridgehead atoms. The number of halogens is 2. The van der Waals surface area contributed by atoms with E-state index in [9.17, 15) is 4.39 Å². The molecule has 2 atom stereocenters. The SMILES string of the molecule is CC(C)C1CN(Cc2ccc(F)c(Br)c2)C(C)CCN1. The van der Waals surface area contributed by atoms with Gasteiger partial charge in [-0.1, -0.05) is 19.9 Å². The summed E-state index contributed by atoms with van der Waals surface area (Å²) >= 11 is 3.27. The predicted octanol–water partition coefficient (Wildman–Crippen LogP) is 3.80. The Labute approximate surface area is 129 Å². The van der Waals surface area contributed by atoms with Crippen molar-refractivity contribution in [2.24, 2.45) is 5.92 Å². The molecule has 0 radical (unpaired) electrons. The molecular weight excluding hydrogens is 319 g/mol. The first-order chi connectivity index (χ1) is 9.47. The molecule has 0 amide bonds. The van der Waals surface area contributed by atoms with Crippen LogP contribution in [0.1, 0.15) is 32.8 Å². The minimum Gasteiger partial charge on any atom is -0.312 e. The second kappa shape index (κ2) is 7.01. The number of benzene rings is 1. The predicted molar refractivity (Wildman–Crippen MR) is 85.2 cm³/mol. The van der Waals surface area contributed by atoms with Gasteiger partial charge < -0.3 is 5.32 Å². The minimum atomic E-state index is -0.195. The van der Waals surface area contributed by atoms with Crippen molar-refractivity contribution in [3.8, 4) is 0 Å². The Bertz CT molecular complexity index is 450. The maximum Gasteiger partial charge on any atom is 0.137 e. The van der Waals surface area contributed by atoms with E-state index in [0.717, 1.165) is 31.6 Å². The Balaban J connectivity index is 2.09. The first-order valence-corrected chi connectivity index (χ1v) is 8.18. The zero-order chi connectivity index (χ0) is 14.7. The van der Waals surface area contributed by atoms with Gasteiger partial charge in [-0.15, -0.1) is 0 Å². The van der Waals surface area contributed by atoms with E-state index in [0.29, 0.717) is 22.5 Å². The summed E-state index contributed by atoms with van der Waals surface area (Å²) in [7, 11) is 0.